The highest BCUT2D eigenvalue weighted by Crippen LogP contribution is 2.32. The van der Waals surface area contributed by atoms with Crippen LogP contribution in [0.3, 0.4) is 0 Å². The Morgan fingerprint density at radius 2 is 1.19 bits per heavy atom. The van der Waals surface area contributed by atoms with Gasteiger partial charge in [0.15, 0.2) is 0 Å². The highest BCUT2D eigenvalue weighted by Gasteiger charge is 2.31. The van der Waals surface area contributed by atoms with Crippen molar-refractivity contribution in [2.75, 3.05) is 26.3 Å². The molecule has 4 unspecified atom stereocenters. The quantitative estimate of drug-likeness (QED) is 0.724. The van der Waals surface area contributed by atoms with Crippen LogP contribution < -0.4 is 14.8 Å². The second-order valence-electron chi connectivity index (χ2n) is 7.48. The van der Waals surface area contributed by atoms with Crippen molar-refractivity contribution in [3.05, 3.63) is 59.7 Å². The molecule has 0 fully saturated rings. The number of benzene rings is 2. The molecular weight excluding hydrogens is 342 g/mol. The van der Waals surface area contributed by atoms with Crippen LogP contribution in [0.5, 0.6) is 11.5 Å². The topological polar surface area (TPSA) is 71.0 Å². The maximum Gasteiger partial charge on any atom is 0.126 e. The van der Waals surface area contributed by atoms with E-state index >= 15 is 0 Å². The zero-order chi connectivity index (χ0) is 18.6. The van der Waals surface area contributed by atoms with Crippen LogP contribution >= 0.6 is 0 Å². The van der Waals surface area contributed by atoms with Gasteiger partial charge in [-0.25, -0.2) is 0 Å². The van der Waals surface area contributed by atoms with Gasteiger partial charge in [-0.3, -0.25) is 0 Å². The molecule has 4 atom stereocenters. The van der Waals surface area contributed by atoms with E-state index in [1.807, 2.05) is 36.4 Å². The number of hydrogen-bond donors (Lipinski definition) is 3. The second-order valence-corrected chi connectivity index (χ2v) is 7.48. The van der Waals surface area contributed by atoms with Crippen LogP contribution in [0, 0.1) is 11.8 Å². The van der Waals surface area contributed by atoms with Gasteiger partial charge in [0.05, 0.1) is 13.2 Å². The number of hydrogen-bond acceptors (Lipinski definition) is 5. The van der Waals surface area contributed by atoms with Gasteiger partial charge in [0.25, 0.3) is 0 Å². The fourth-order valence-corrected chi connectivity index (χ4v) is 4.16. The van der Waals surface area contributed by atoms with Crippen molar-refractivity contribution >= 4 is 0 Å². The number of aliphatic hydroxyl groups excluding tert-OH is 2. The van der Waals surface area contributed by atoms with Crippen molar-refractivity contribution in [2.24, 2.45) is 11.8 Å². The highest BCUT2D eigenvalue weighted by molar-refractivity contribution is 5.36. The van der Waals surface area contributed by atoms with E-state index in [4.69, 9.17) is 9.47 Å². The van der Waals surface area contributed by atoms with Gasteiger partial charge in [0.1, 0.15) is 23.7 Å². The Bertz CT molecular complexity index is 702. The van der Waals surface area contributed by atoms with Crippen molar-refractivity contribution in [1.82, 2.24) is 5.32 Å². The maximum absolute atomic E-state index is 9.72. The van der Waals surface area contributed by atoms with E-state index in [0.29, 0.717) is 0 Å². The Hall–Kier alpha value is -2.08. The van der Waals surface area contributed by atoms with Crippen molar-refractivity contribution in [1.29, 1.82) is 0 Å². The van der Waals surface area contributed by atoms with Gasteiger partial charge in [-0.1, -0.05) is 36.4 Å². The first-order valence-corrected chi connectivity index (χ1v) is 9.70. The Labute approximate surface area is 159 Å². The van der Waals surface area contributed by atoms with Crippen LogP contribution in [0.25, 0.3) is 0 Å². The lowest BCUT2D eigenvalue weighted by Gasteiger charge is -2.35. The molecule has 2 aromatic rings. The van der Waals surface area contributed by atoms with E-state index in [1.165, 1.54) is 11.1 Å². The molecule has 2 aliphatic heterocycles. The van der Waals surface area contributed by atoms with Crippen LogP contribution in [-0.4, -0.2) is 48.7 Å². The van der Waals surface area contributed by atoms with Crippen LogP contribution in [0.1, 0.15) is 11.1 Å². The van der Waals surface area contributed by atoms with Crippen LogP contribution in [-0.2, 0) is 12.8 Å². The summed E-state index contributed by atoms with van der Waals surface area (Å²) >= 11 is 0. The number of ether oxygens (including phenoxy) is 2. The van der Waals surface area contributed by atoms with Gasteiger partial charge in [-0.05, 0) is 36.1 Å². The third-order valence-electron chi connectivity index (χ3n) is 5.69. The third kappa shape index (κ3) is 3.95. The fourth-order valence-electron chi connectivity index (χ4n) is 4.16. The highest BCUT2D eigenvalue weighted by atomic mass is 16.5. The van der Waals surface area contributed by atoms with E-state index in [2.05, 4.69) is 17.4 Å². The molecule has 5 heteroatoms. The minimum absolute atomic E-state index is 0.0138. The molecule has 2 aliphatic rings. The average molecular weight is 369 g/mol. The second kappa shape index (κ2) is 8.30. The first-order valence-electron chi connectivity index (χ1n) is 9.70. The van der Waals surface area contributed by atoms with E-state index < -0.39 is 0 Å². The van der Waals surface area contributed by atoms with E-state index in [1.54, 1.807) is 0 Å². The van der Waals surface area contributed by atoms with Gasteiger partial charge in [-0.2, -0.15) is 0 Å². The summed E-state index contributed by atoms with van der Waals surface area (Å²) in [7, 11) is 0. The lowest BCUT2D eigenvalue weighted by Crippen LogP contribution is -2.45. The minimum atomic E-state index is -0.190. The number of nitrogens with one attached hydrogen (secondary N) is 1. The molecule has 0 bridgehead atoms. The van der Waals surface area contributed by atoms with Crippen molar-refractivity contribution < 1.29 is 19.7 Å². The smallest absolute Gasteiger partial charge is 0.126 e. The van der Waals surface area contributed by atoms with E-state index in [0.717, 1.165) is 37.4 Å². The summed E-state index contributed by atoms with van der Waals surface area (Å²) in [5.41, 5.74) is 2.38. The molecule has 27 heavy (non-hydrogen) atoms. The number of fused-ring (bicyclic) bond motifs is 2. The molecule has 0 aromatic heterocycles. The standard InChI is InChI=1S/C22H27NO4/c24-13-21-17(9-15-5-1-3-7-19(15)26-21)11-23-12-18-10-16-6-2-4-8-20(16)27-22(18)14-25/h1-8,17-18,21-25H,9-14H2. The number of aliphatic hydroxyl groups is 2. The summed E-state index contributed by atoms with van der Waals surface area (Å²) in [6.07, 6.45) is 1.40. The summed E-state index contributed by atoms with van der Waals surface area (Å²) in [6.45, 7) is 1.55. The first-order chi connectivity index (χ1) is 13.3. The molecule has 5 nitrogen and oxygen atoms in total. The predicted octanol–water partition coefficient (Wildman–Crippen LogP) is 1.80. The zero-order valence-electron chi connectivity index (χ0n) is 15.4. The summed E-state index contributed by atoms with van der Waals surface area (Å²) in [6, 6.07) is 16.1. The number of para-hydroxylation sites is 2. The monoisotopic (exact) mass is 369 g/mol. The summed E-state index contributed by atoms with van der Waals surface area (Å²) in [5, 5.41) is 23.0. The Morgan fingerprint density at radius 3 is 1.63 bits per heavy atom. The van der Waals surface area contributed by atoms with Gasteiger partial charge in [0.2, 0.25) is 0 Å². The van der Waals surface area contributed by atoms with Crippen LogP contribution in [0.4, 0.5) is 0 Å². The van der Waals surface area contributed by atoms with Crippen molar-refractivity contribution in [3.8, 4) is 11.5 Å². The minimum Gasteiger partial charge on any atom is -0.487 e. The lowest BCUT2D eigenvalue weighted by molar-refractivity contribution is 0.0433. The van der Waals surface area contributed by atoms with E-state index in [-0.39, 0.29) is 37.3 Å². The molecule has 0 amide bonds. The van der Waals surface area contributed by atoms with E-state index in [9.17, 15) is 10.2 Å². The van der Waals surface area contributed by atoms with Crippen molar-refractivity contribution in [3.63, 3.8) is 0 Å². The summed E-state index contributed by atoms with van der Waals surface area (Å²) in [5.74, 6) is 2.19. The first kappa shape index (κ1) is 18.3. The zero-order valence-corrected chi connectivity index (χ0v) is 15.4. The van der Waals surface area contributed by atoms with Gasteiger partial charge in [0, 0.05) is 24.9 Å². The molecular formula is C22H27NO4. The van der Waals surface area contributed by atoms with Gasteiger partial charge >= 0.3 is 0 Å². The predicted molar refractivity (Wildman–Crippen MR) is 103 cm³/mol. The molecule has 2 heterocycles. The number of rotatable bonds is 6. The molecule has 4 rings (SSSR count). The summed E-state index contributed by atoms with van der Waals surface area (Å²) in [4.78, 5) is 0. The largest absolute Gasteiger partial charge is 0.487 e. The molecule has 144 valence electrons. The average Bonchev–Trinajstić information content (AvgIpc) is 2.72. The normalized spacial score (nSPS) is 26.4. The van der Waals surface area contributed by atoms with Gasteiger partial charge < -0.3 is 25.0 Å². The van der Waals surface area contributed by atoms with Gasteiger partial charge in [-0.15, -0.1) is 0 Å². The molecule has 0 aliphatic carbocycles. The Balaban J connectivity index is 1.36. The van der Waals surface area contributed by atoms with Crippen LogP contribution in [0.15, 0.2) is 48.5 Å². The SMILES string of the molecule is OCC1Oc2ccccc2CC1CNCC1Cc2ccccc2OC1CO. The molecule has 0 radical (unpaired) electrons. The van der Waals surface area contributed by atoms with Crippen molar-refractivity contribution in [2.45, 2.75) is 25.0 Å². The molecule has 0 spiro atoms. The molecule has 0 saturated heterocycles. The van der Waals surface area contributed by atoms with Crippen LogP contribution in [0.2, 0.25) is 0 Å². The summed E-state index contributed by atoms with van der Waals surface area (Å²) < 4.78 is 11.9. The fraction of sp³-hybridized carbons (Fsp3) is 0.455. The Morgan fingerprint density at radius 1 is 0.741 bits per heavy atom. The molecule has 3 N–H and O–H groups in total. The molecule has 0 saturated carbocycles. The lowest BCUT2D eigenvalue weighted by atomic mass is 9.89. The third-order valence-corrected chi connectivity index (χ3v) is 5.69. The molecule has 2 aromatic carbocycles. The maximum atomic E-state index is 9.72. The Kier molecular flexibility index (Phi) is 5.62.